The number of hydrogen-bond acceptors (Lipinski definition) is 2. The van der Waals surface area contributed by atoms with Crippen molar-refractivity contribution in [2.24, 2.45) is 0 Å². The summed E-state index contributed by atoms with van der Waals surface area (Å²) in [5.74, 6) is -1.09. The lowest BCUT2D eigenvalue weighted by molar-refractivity contribution is -0.137. The number of carboxylic acid groups (broad SMARTS) is 1. The highest BCUT2D eigenvalue weighted by molar-refractivity contribution is 5.87. The van der Waals surface area contributed by atoms with Gasteiger partial charge in [0.25, 0.3) is 0 Å². The van der Waals surface area contributed by atoms with Crippen molar-refractivity contribution in [3.8, 4) is 0 Å². The third-order valence-corrected chi connectivity index (χ3v) is 1.73. The minimum absolute atomic E-state index is 0.0680. The van der Waals surface area contributed by atoms with Crippen LogP contribution in [-0.4, -0.2) is 23.0 Å². The second-order valence-electron chi connectivity index (χ2n) is 2.75. The molecule has 0 rings (SSSR count). The number of carbonyl (C=O) groups excluding carboxylic acids is 1. The molecular weight excluding hydrogens is 170 g/mol. The second-order valence-corrected chi connectivity index (χ2v) is 2.75. The summed E-state index contributed by atoms with van der Waals surface area (Å²) in [6.45, 7) is 5.21. The van der Waals surface area contributed by atoms with Crippen LogP contribution in [0, 0.1) is 0 Å². The van der Waals surface area contributed by atoms with E-state index >= 15 is 0 Å². The molecule has 2 N–H and O–H groups in total. The van der Waals surface area contributed by atoms with Crippen LogP contribution in [0.5, 0.6) is 0 Å². The van der Waals surface area contributed by atoms with Crippen molar-refractivity contribution in [3.05, 3.63) is 12.7 Å². The summed E-state index contributed by atoms with van der Waals surface area (Å²) < 4.78 is 0. The minimum atomic E-state index is -0.841. The quantitative estimate of drug-likeness (QED) is 0.605. The third-order valence-electron chi connectivity index (χ3n) is 1.73. The smallest absolute Gasteiger partial charge is 0.303 e. The van der Waals surface area contributed by atoms with Crippen LogP contribution in [0.2, 0.25) is 0 Å². The summed E-state index contributed by atoms with van der Waals surface area (Å²) in [7, 11) is 0. The standard InChI is InChI=1S/C9H15NO3/c1-3-7(5-6-9(12)13)10-8(11)4-2/h4,7H,2-3,5-6H2,1H3,(H,10,11)(H,12,13). The van der Waals surface area contributed by atoms with Gasteiger partial charge in [0.2, 0.25) is 5.91 Å². The van der Waals surface area contributed by atoms with Gasteiger partial charge in [-0.1, -0.05) is 13.5 Å². The van der Waals surface area contributed by atoms with Gasteiger partial charge < -0.3 is 10.4 Å². The van der Waals surface area contributed by atoms with Gasteiger partial charge in [0, 0.05) is 12.5 Å². The molecule has 0 saturated heterocycles. The molecule has 1 unspecified atom stereocenters. The zero-order valence-corrected chi connectivity index (χ0v) is 7.75. The van der Waals surface area contributed by atoms with Crippen molar-refractivity contribution < 1.29 is 14.7 Å². The number of rotatable bonds is 6. The molecule has 0 aliphatic heterocycles. The van der Waals surface area contributed by atoms with Gasteiger partial charge in [-0.05, 0) is 18.9 Å². The summed E-state index contributed by atoms with van der Waals surface area (Å²) in [6, 6.07) is -0.0680. The molecule has 13 heavy (non-hydrogen) atoms. The summed E-state index contributed by atoms with van der Waals surface area (Å²) in [5, 5.41) is 11.1. The van der Waals surface area contributed by atoms with Crippen LogP contribution in [0.1, 0.15) is 26.2 Å². The lowest BCUT2D eigenvalue weighted by Gasteiger charge is -2.14. The Balaban J connectivity index is 3.81. The first kappa shape index (κ1) is 11.7. The zero-order valence-electron chi connectivity index (χ0n) is 7.75. The molecular formula is C9H15NO3. The molecule has 74 valence electrons. The first-order chi connectivity index (χ1) is 6.10. The number of aliphatic carboxylic acids is 1. The number of carbonyl (C=O) groups is 2. The van der Waals surface area contributed by atoms with E-state index in [0.717, 1.165) is 6.42 Å². The zero-order chi connectivity index (χ0) is 10.3. The molecule has 1 atom stereocenters. The molecule has 0 heterocycles. The maximum absolute atomic E-state index is 10.8. The molecule has 0 saturated carbocycles. The monoisotopic (exact) mass is 185 g/mol. The normalized spacial score (nSPS) is 11.8. The molecule has 4 nitrogen and oxygen atoms in total. The summed E-state index contributed by atoms with van der Waals surface area (Å²) in [6.07, 6.45) is 2.46. The molecule has 0 aromatic carbocycles. The maximum Gasteiger partial charge on any atom is 0.303 e. The van der Waals surface area contributed by atoms with E-state index in [9.17, 15) is 9.59 Å². The van der Waals surface area contributed by atoms with Crippen LogP contribution in [0.25, 0.3) is 0 Å². The molecule has 0 aliphatic carbocycles. The number of carboxylic acids is 1. The van der Waals surface area contributed by atoms with Crippen molar-refractivity contribution in [2.45, 2.75) is 32.2 Å². The lowest BCUT2D eigenvalue weighted by Crippen LogP contribution is -2.33. The van der Waals surface area contributed by atoms with E-state index in [1.54, 1.807) is 0 Å². The predicted octanol–water partition coefficient (Wildman–Crippen LogP) is 0.932. The largest absolute Gasteiger partial charge is 0.481 e. The van der Waals surface area contributed by atoms with E-state index in [2.05, 4.69) is 11.9 Å². The molecule has 0 aromatic rings. The van der Waals surface area contributed by atoms with E-state index in [1.165, 1.54) is 6.08 Å². The highest BCUT2D eigenvalue weighted by Crippen LogP contribution is 2.01. The van der Waals surface area contributed by atoms with Crippen molar-refractivity contribution in [1.29, 1.82) is 0 Å². The topological polar surface area (TPSA) is 66.4 Å². The molecule has 0 fully saturated rings. The summed E-state index contributed by atoms with van der Waals surface area (Å²) >= 11 is 0. The fourth-order valence-electron chi connectivity index (χ4n) is 0.936. The van der Waals surface area contributed by atoms with E-state index in [4.69, 9.17) is 5.11 Å². The minimum Gasteiger partial charge on any atom is -0.481 e. The molecule has 0 bridgehead atoms. The van der Waals surface area contributed by atoms with Gasteiger partial charge in [0.05, 0.1) is 0 Å². The lowest BCUT2D eigenvalue weighted by atomic mass is 10.1. The highest BCUT2D eigenvalue weighted by Gasteiger charge is 2.09. The molecule has 4 heteroatoms. The van der Waals surface area contributed by atoms with Crippen LogP contribution < -0.4 is 5.32 Å². The van der Waals surface area contributed by atoms with Crippen LogP contribution in [0.15, 0.2) is 12.7 Å². The summed E-state index contributed by atoms with van der Waals surface area (Å²) in [5.41, 5.74) is 0. The Labute approximate surface area is 77.6 Å². The second kappa shape index (κ2) is 6.22. The highest BCUT2D eigenvalue weighted by atomic mass is 16.4. The summed E-state index contributed by atoms with van der Waals surface area (Å²) in [4.78, 5) is 21.1. The SMILES string of the molecule is C=CC(=O)NC(CC)CCC(=O)O. The maximum atomic E-state index is 10.8. The first-order valence-corrected chi connectivity index (χ1v) is 4.24. The molecule has 0 spiro atoms. The average molecular weight is 185 g/mol. The third kappa shape index (κ3) is 5.90. The predicted molar refractivity (Wildman–Crippen MR) is 49.3 cm³/mol. The van der Waals surface area contributed by atoms with Crippen molar-refractivity contribution >= 4 is 11.9 Å². The molecule has 1 amide bonds. The Morgan fingerprint density at radius 2 is 2.23 bits per heavy atom. The Bertz CT molecular complexity index is 201. The Morgan fingerprint density at radius 1 is 1.62 bits per heavy atom. The Hall–Kier alpha value is -1.32. The van der Waals surface area contributed by atoms with E-state index < -0.39 is 5.97 Å². The van der Waals surface area contributed by atoms with Gasteiger partial charge in [0.15, 0.2) is 0 Å². The fraction of sp³-hybridized carbons (Fsp3) is 0.556. The fourth-order valence-corrected chi connectivity index (χ4v) is 0.936. The van der Waals surface area contributed by atoms with E-state index in [1.807, 2.05) is 6.92 Å². The van der Waals surface area contributed by atoms with Gasteiger partial charge in [0.1, 0.15) is 0 Å². The number of hydrogen-bond donors (Lipinski definition) is 2. The van der Waals surface area contributed by atoms with Crippen LogP contribution in [0.3, 0.4) is 0 Å². The molecule has 0 radical (unpaired) electrons. The number of nitrogens with one attached hydrogen (secondary N) is 1. The Kier molecular flexibility index (Phi) is 5.59. The van der Waals surface area contributed by atoms with Gasteiger partial charge in [-0.15, -0.1) is 0 Å². The van der Waals surface area contributed by atoms with Crippen LogP contribution in [-0.2, 0) is 9.59 Å². The van der Waals surface area contributed by atoms with Gasteiger partial charge in [-0.3, -0.25) is 9.59 Å². The first-order valence-electron chi connectivity index (χ1n) is 4.24. The average Bonchev–Trinajstić information content (AvgIpc) is 2.11. The molecule has 0 aromatic heterocycles. The van der Waals surface area contributed by atoms with E-state index in [-0.39, 0.29) is 18.4 Å². The van der Waals surface area contributed by atoms with Crippen LogP contribution in [0.4, 0.5) is 0 Å². The Morgan fingerprint density at radius 3 is 2.62 bits per heavy atom. The van der Waals surface area contributed by atoms with Crippen molar-refractivity contribution in [2.75, 3.05) is 0 Å². The van der Waals surface area contributed by atoms with Gasteiger partial charge >= 0.3 is 5.97 Å². The van der Waals surface area contributed by atoms with Gasteiger partial charge in [-0.25, -0.2) is 0 Å². The van der Waals surface area contributed by atoms with Gasteiger partial charge in [-0.2, -0.15) is 0 Å². The van der Waals surface area contributed by atoms with Crippen molar-refractivity contribution in [1.82, 2.24) is 5.32 Å². The number of amides is 1. The molecule has 0 aliphatic rings. The van der Waals surface area contributed by atoms with Crippen molar-refractivity contribution in [3.63, 3.8) is 0 Å². The van der Waals surface area contributed by atoms with E-state index in [0.29, 0.717) is 6.42 Å². The van der Waals surface area contributed by atoms with Crippen LogP contribution >= 0.6 is 0 Å².